The Balaban J connectivity index is 1.46. The molecule has 0 aliphatic heterocycles. The van der Waals surface area contributed by atoms with Crippen LogP contribution in [0.3, 0.4) is 0 Å². The zero-order chi connectivity index (χ0) is 30.4. The monoisotopic (exact) mass is 597 g/mol. The van der Waals surface area contributed by atoms with E-state index in [1.807, 2.05) is 85.8 Å². The van der Waals surface area contributed by atoms with Crippen molar-refractivity contribution >= 4 is 32.6 Å². The Kier molecular flexibility index (Phi) is 9.58. The van der Waals surface area contributed by atoms with Crippen LogP contribution in [0.2, 0.25) is 0 Å². The number of hydrogen-bond donors (Lipinski definition) is 1. The summed E-state index contributed by atoms with van der Waals surface area (Å²) in [7, 11) is -2.56. The number of carbonyl (C=O) groups excluding carboxylic acids is 2. The number of fused-ring (bicyclic) bond motifs is 1. The Labute approximate surface area is 254 Å². The second-order valence-corrected chi connectivity index (χ2v) is 13.5. The Hall–Kier alpha value is -4.01. The number of nitrogens with one attached hydrogen (secondary N) is 1. The van der Waals surface area contributed by atoms with Crippen molar-refractivity contribution in [3.63, 3.8) is 0 Å². The summed E-state index contributed by atoms with van der Waals surface area (Å²) in [5, 5.41) is 4.93. The molecule has 1 N–H and O–H groups in total. The van der Waals surface area contributed by atoms with Crippen LogP contribution >= 0.6 is 0 Å². The molecule has 1 aliphatic rings. The highest BCUT2D eigenvalue weighted by atomic mass is 32.2. The van der Waals surface area contributed by atoms with E-state index < -0.39 is 28.5 Å². The van der Waals surface area contributed by atoms with E-state index >= 15 is 0 Å². The Bertz CT molecular complexity index is 1680. The number of nitrogens with zero attached hydrogens (tertiary/aromatic N) is 2. The maximum atomic E-state index is 14.2. The minimum Gasteiger partial charge on any atom is -0.352 e. The van der Waals surface area contributed by atoms with E-state index in [4.69, 9.17) is 0 Å². The van der Waals surface area contributed by atoms with Gasteiger partial charge < -0.3 is 10.2 Å². The number of carbonyl (C=O) groups is 2. The minimum atomic E-state index is -3.98. The van der Waals surface area contributed by atoms with Gasteiger partial charge in [-0.1, -0.05) is 97.8 Å². The molecule has 43 heavy (non-hydrogen) atoms. The number of amides is 2. The van der Waals surface area contributed by atoms with Gasteiger partial charge in [-0.05, 0) is 59.4 Å². The molecule has 0 unspecified atom stereocenters. The lowest BCUT2D eigenvalue weighted by Gasteiger charge is -2.33. The number of likely N-dealkylation sites (N-methyl/N-ethyl adjacent to an activating group) is 1. The predicted octanol–water partition coefficient (Wildman–Crippen LogP) is 5.47. The third-order valence-electron chi connectivity index (χ3n) is 8.36. The van der Waals surface area contributed by atoms with Gasteiger partial charge in [0.2, 0.25) is 21.8 Å². The first-order valence-electron chi connectivity index (χ1n) is 14.9. The number of rotatable bonds is 11. The van der Waals surface area contributed by atoms with Crippen LogP contribution < -0.4 is 5.32 Å². The van der Waals surface area contributed by atoms with Crippen LogP contribution in [0.25, 0.3) is 10.8 Å². The summed E-state index contributed by atoms with van der Waals surface area (Å²) in [6.45, 7) is 1.76. The fraction of sp³-hybridized carbons (Fsp3) is 0.314. The van der Waals surface area contributed by atoms with Crippen molar-refractivity contribution in [3.05, 3.63) is 114 Å². The number of hydrogen-bond acceptors (Lipinski definition) is 4. The summed E-state index contributed by atoms with van der Waals surface area (Å²) in [6.07, 6.45) is 4.29. The molecule has 4 aromatic rings. The molecular formula is C35H39N3O4S. The van der Waals surface area contributed by atoms with Crippen LogP contribution in [0.5, 0.6) is 0 Å². The fourth-order valence-corrected chi connectivity index (χ4v) is 6.92. The molecule has 1 fully saturated rings. The highest BCUT2D eigenvalue weighted by molar-refractivity contribution is 7.89. The van der Waals surface area contributed by atoms with Crippen molar-refractivity contribution < 1.29 is 18.0 Å². The normalized spacial score (nSPS) is 14.6. The van der Waals surface area contributed by atoms with E-state index in [2.05, 4.69) is 5.32 Å². The quantitative estimate of drug-likeness (QED) is 0.249. The van der Waals surface area contributed by atoms with Crippen molar-refractivity contribution in [1.29, 1.82) is 0 Å². The largest absolute Gasteiger partial charge is 0.352 e. The molecule has 0 spiro atoms. The summed E-state index contributed by atoms with van der Waals surface area (Å²) in [5.41, 5.74) is 2.82. The van der Waals surface area contributed by atoms with E-state index in [9.17, 15) is 18.0 Å². The van der Waals surface area contributed by atoms with Gasteiger partial charge >= 0.3 is 0 Å². The molecular weight excluding hydrogens is 558 g/mol. The zero-order valence-corrected chi connectivity index (χ0v) is 25.6. The molecule has 8 heteroatoms. The maximum Gasteiger partial charge on any atom is 0.243 e. The van der Waals surface area contributed by atoms with Gasteiger partial charge in [0, 0.05) is 26.1 Å². The molecule has 0 saturated heterocycles. The van der Waals surface area contributed by atoms with Gasteiger partial charge in [-0.2, -0.15) is 4.31 Å². The summed E-state index contributed by atoms with van der Waals surface area (Å²) in [4.78, 5) is 29.8. The smallest absolute Gasteiger partial charge is 0.243 e. The van der Waals surface area contributed by atoms with Crippen LogP contribution in [0.4, 0.5) is 0 Å². The maximum absolute atomic E-state index is 14.2. The highest BCUT2D eigenvalue weighted by Gasteiger charge is 2.34. The number of benzene rings is 4. The van der Waals surface area contributed by atoms with E-state index in [-0.39, 0.29) is 23.4 Å². The Morgan fingerprint density at radius 2 is 1.51 bits per heavy atom. The lowest BCUT2D eigenvalue weighted by molar-refractivity contribution is -0.141. The third kappa shape index (κ3) is 7.32. The van der Waals surface area contributed by atoms with Gasteiger partial charge in [0.05, 0.1) is 11.4 Å². The summed E-state index contributed by atoms with van der Waals surface area (Å²) in [5.74, 6) is -0.643. The molecule has 1 saturated carbocycles. The Morgan fingerprint density at radius 1 is 0.860 bits per heavy atom. The van der Waals surface area contributed by atoms with E-state index in [0.717, 1.165) is 57.5 Å². The molecule has 1 atom stereocenters. The molecule has 0 heterocycles. The first kappa shape index (κ1) is 30.4. The van der Waals surface area contributed by atoms with Gasteiger partial charge in [-0.25, -0.2) is 8.42 Å². The van der Waals surface area contributed by atoms with Gasteiger partial charge in [0.15, 0.2) is 0 Å². The number of aryl methyl sites for hydroxylation is 1. The topological polar surface area (TPSA) is 86.8 Å². The van der Waals surface area contributed by atoms with Crippen molar-refractivity contribution in [2.75, 3.05) is 13.6 Å². The van der Waals surface area contributed by atoms with Gasteiger partial charge in [-0.3, -0.25) is 9.59 Å². The molecule has 0 aromatic heterocycles. The first-order valence-corrected chi connectivity index (χ1v) is 16.3. The minimum absolute atomic E-state index is 0.0807. The number of sulfonamides is 1. The zero-order valence-electron chi connectivity index (χ0n) is 24.8. The van der Waals surface area contributed by atoms with Crippen molar-refractivity contribution in [2.24, 2.45) is 0 Å². The lowest BCUT2D eigenvalue weighted by atomic mass is 10.0. The average Bonchev–Trinajstić information content (AvgIpc) is 3.53. The van der Waals surface area contributed by atoms with Crippen molar-refractivity contribution in [3.8, 4) is 0 Å². The van der Waals surface area contributed by atoms with E-state index in [1.165, 1.54) is 7.05 Å². The summed E-state index contributed by atoms with van der Waals surface area (Å²) < 4.78 is 28.4. The second kappa shape index (κ2) is 13.5. The van der Waals surface area contributed by atoms with Crippen molar-refractivity contribution in [1.82, 2.24) is 14.5 Å². The van der Waals surface area contributed by atoms with Gasteiger partial charge in [-0.15, -0.1) is 0 Å². The molecule has 224 valence electrons. The molecule has 4 aromatic carbocycles. The molecule has 2 amide bonds. The molecule has 7 nitrogen and oxygen atoms in total. The van der Waals surface area contributed by atoms with E-state index in [0.29, 0.717) is 6.42 Å². The van der Waals surface area contributed by atoms with Crippen molar-refractivity contribution in [2.45, 2.75) is 62.6 Å². The van der Waals surface area contributed by atoms with E-state index in [1.54, 1.807) is 23.1 Å². The van der Waals surface area contributed by atoms with Crippen LogP contribution in [0.1, 0.15) is 42.4 Å². The third-order valence-corrected chi connectivity index (χ3v) is 10.2. The molecule has 1 aliphatic carbocycles. The van der Waals surface area contributed by atoms with Crippen LogP contribution in [-0.4, -0.2) is 55.1 Å². The van der Waals surface area contributed by atoms with Gasteiger partial charge in [0.25, 0.3) is 0 Å². The average molecular weight is 598 g/mol. The van der Waals surface area contributed by atoms with Gasteiger partial charge in [0.1, 0.15) is 6.04 Å². The molecule has 0 bridgehead atoms. The summed E-state index contributed by atoms with van der Waals surface area (Å²) >= 11 is 0. The first-order chi connectivity index (χ1) is 20.7. The van der Waals surface area contributed by atoms with Crippen LogP contribution in [0.15, 0.2) is 102 Å². The van der Waals surface area contributed by atoms with Crippen LogP contribution in [-0.2, 0) is 32.6 Å². The fourth-order valence-electron chi connectivity index (χ4n) is 5.77. The predicted molar refractivity (Wildman–Crippen MR) is 170 cm³/mol. The standard InChI is InChI=1S/C35H39N3O4S/c1-26-12-6-7-17-30(26)24-38(33(22-27-13-4-3-5-14-27)35(40)36-31-18-10-11-19-31)34(39)25-37(2)43(41,42)32-21-20-28-15-8-9-16-29(28)23-32/h3-9,12-17,20-21,23,31,33H,10-11,18-19,22,24-25H2,1-2H3,(H,36,40)/t33-/m1/s1. The molecule has 5 rings (SSSR count). The lowest BCUT2D eigenvalue weighted by Crippen LogP contribution is -2.54. The highest BCUT2D eigenvalue weighted by Crippen LogP contribution is 2.23. The second-order valence-electron chi connectivity index (χ2n) is 11.4. The SMILES string of the molecule is Cc1ccccc1CN(C(=O)CN(C)S(=O)(=O)c1ccc2ccccc2c1)[C@H](Cc1ccccc1)C(=O)NC1CCCC1. The van der Waals surface area contributed by atoms with Crippen LogP contribution in [0, 0.1) is 6.92 Å². The Morgan fingerprint density at radius 3 is 2.23 bits per heavy atom. The summed E-state index contributed by atoms with van der Waals surface area (Å²) in [6, 6.07) is 29.2. The molecule has 0 radical (unpaired) electrons.